The largest absolute Gasteiger partial charge is 0.457 e. The topological polar surface area (TPSA) is 146 Å². The molecule has 258 valence electrons. The summed E-state index contributed by atoms with van der Waals surface area (Å²) in [6, 6.07) is 8.38. The van der Waals surface area contributed by atoms with Crippen molar-refractivity contribution in [2.75, 3.05) is 6.61 Å². The number of ether oxygens (including phenoxy) is 4. The number of carbonyl (C=O) groups is 4. The third-order valence-electron chi connectivity index (χ3n) is 11.7. The summed E-state index contributed by atoms with van der Waals surface area (Å²) in [5.41, 5.74) is -3.92. The highest BCUT2D eigenvalue weighted by molar-refractivity contribution is 5.95. The molecule has 2 N–H and O–H groups in total. The highest BCUT2D eigenvalue weighted by atomic mass is 16.6. The number of aliphatic hydroxyl groups is 2. The van der Waals surface area contributed by atoms with Crippen LogP contribution in [-0.2, 0) is 33.3 Å². The molecule has 1 heterocycles. The smallest absolute Gasteiger partial charge is 0.338 e. The Hall–Kier alpha value is -3.08. The molecule has 5 rings (SSSR count). The molecule has 0 amide bonds. The van der Waals surface area contributed by atoms with Gasteiger partial charge >= 0.3 is 17.9 Å². The van der Waals surface area contributed by atoms with Crippen molar-refractivity contribution in [3.63, 3.8) is 0 Å². The van der Waals surface area contributed by atoms with Crippen LogP contribution in [0.2, 0.25) is 0 Å². The minimum atomic E-state index is -1.97. The predicted octanol–water partition coefficient (Wildman–Crippen LogP) is 4.59. The molecule has 1 aromatic carbocycles. The van der Waals surface area contributed by atoms with E-state index < -0.39 is 82.5 Å². The number of benzene rings is 1. The van der Waals surface area contributed by atoms with Gasteiger partial charge in [-0.1, -0.05) is 59.2 Å². The fraction of sp³-hybridized carbons (Fsp3) is 0.676. The molecule has 10 atom stereocenters. The Bertz CT molecular complexity index is 1430. The highest BCUT2D eigenvalue weighted by Gasteiger charge is 2.74. The average Bonchev–Trinajstić information content (AvgIpc) is 2.99. The number of ketones is 1. The second kappa shape index (κ2) is 12.7. The van der Waals surface area contributed by atoms with Crippen molar-refractivity contribution in [3.05, 3.63) is 47.0 Å². The molecule has 1 aromatic rings. The summed E-state index contributed by atoms with van der Waals surface area (Å²) in [5.74, 6) is -4.18. The summed E-state index contributed by atoms with van der Waals surface area (Å²) in [7, 11) is 0. The van der Waals surface area contributed by atoms with Gasteiger partial charge in [0.05, 0.1) is 29.8 Å². The van der Waals surface area contributed by atoms with E-state index in [1.54, 1.807) is 65.0 Å². The Morgan fingerprint density at radius 3 is 2.30 bits per heavy atom. The first-order chi connectivity index (χ1) is 22.0. The molecule has 1 saturated heterocycles. The number of aliphatic hydroxyl groups excluding tert-OH is 1. The van der Waals surface area contributed by atoms with Crippen molar-refractivity contribution in [2.45, 2.75) is 117 Å². The Morgan fingerprint density at radius 1 is 1.06 bits per heavy atom. The summed E-state index contributed by atoms with van der Waals surface area (Å²) < 4.78 is 24.2. The SMILES string of the molecule is CC(=O)O[C@H]1C(=O)[C@@]2(C)[C@@H]([C@@H]3CO[C@@H]3C[C@@H]2O)[C@H](OC(=O)c2ccccc2)[C@]2(O)[C@@H](C)[C@H](OC(=O)CCCC(C)C)C(C)=C1C2(C)C. The van der Waals surface area contributed by atoms with Gasteiger partial charge in [0.2, 0.25) is 0 Å². The van der Waals surface area contributed by atoms with Crippen molar-refractivity contribution < 1.29 is 48.3 Å². The summed E-state index contributed by atoms with van der Waals surface area (Å²) in [4.78, 5) is 54.9. The van der Waals surface area contributed by atoms with E-state index in [0.717, 1.165) is 6.42 Å². The quantitative estimate of drug-likeness (QED) is 0.232. The predicted molar refractivity (Wildman–Crippen MR) is 171 cm³/mol. The second-order valence-corrected chi connectivity index (χ2v) is 15.2. The van der Waals surface area contributed by atoms with Crippen molar-refractivity contribution in [1.82, 2.24) is 0 Å². The van der Waals surface area contributed by atoms with Crippen LogP contribution in [0.15, 0.2) is 41.5 Å². The number of rotatable bonds is 8. The molecule has 47 heavy (non-hydrogen) atoms. The zero-order valence-corrected chi connectivity index (χ0v) is 28.8. The average molecular weight is 655 g/mol. The number of hydrogen-bond donors (Lipinski definition) is 2. The fourth-order valence-corrected chi connectivity index (χ4v) is 9.04. The summed E-state index contributed by atoms with van der Waals surface area (Å²) in [6.07, 6.45) is -3.79. The normalized spacial score (nSPS) is 37.5. The molecule has 0 radical (unpaired) electrons. The Morgan fingerprint density at radius 2 is 1.72 bits per heavy atom. The van der Waals surface area contributed by atoms with Gasteiger partial charge < -0.3 is 29.2 Å². The molecule has 3 fully saturated rings. The standard InChI is InChI=1S/C37H50O10/c1-19(2)13-12-16-27(40)46-30-20(3)28-31(45-22(5)38)32(41)36(8)26(39)17-25-24(18-44-25)29(36)33(37(43,21(30)4)35(28,6)7)47-34(42)23-14-10-9-11-15-23/h9-11,14-15,19,21,24-26,29-31,33,39,43H,12-13,16-18H2,1-8H3/t21-,24+,25+,26-,29-,30+,31+,33-,36+,37+/m0/s1. The van der Waals surface area contributed by atoms with Crippen LogP contribution in [0.4, 0.5) is 0 Å². The lowest BCUT2D eigenvalue weighted by Gasteiger charge is -2.65. The van der Waals surface area contributed by atoms with Gasteiger partial charge in [-0.05, 0) is 49.5 Å². The van der Waals surface area contributed by atoms with E-state index >= 15 is 0 Å². The van der Waals surface area contributed by atoms with Gasteiger partial charge in [0.25, 0.3) is 0 Å². The van der Waals surface area contributed by atoms with E-state index in [2.05, 4.69) is 13.8 Å². The molecule has 0 spiro atoms. The van der Waals surface area contributed by atoms with E-state index in [9.17, 15) is 29.4 Å². The third kappa shape index (κ3) is 5.64. The molecular formula is C37H50O10. The van der Waals surface area contributed by atoms with Crippen molar-refractivity contribution in [1.29, 1.82) is 0 Å². The Balaban J connectivity index is 1.74. The van der Waals surface area contributed by atoms with E-state index in [1.165, 1.54) is 6.92 Å². The monoisotopic (exact) mass is 654 g/mol. The number of esters is 3. The van der Waals surface area contributed by atoms with Gasteiger partial charge in [-0.2, -0.15) is 0 Å². The number of hydrogen-bond acceptors (Lipinski definition) is 10. The fourth-order valence-electron chi connectivity index (χ4n) is 9.04. The van der Waals surface area contributed by atoms with E-state index in [0.29, 0.717) is 17.9 Å². The first kappa shape index (κ1) is 35.2. The zero-order valence-electron chi connectivity index (χ0n) is 28.8. The molecule has 3 aliphatic carbocycles. The molecule has 0 unspecified atom stereocenters. The van der Waals surface area contributed by atoms with E-state index in [-0.39, 0.29) is 36.5 Å². The van der Waals surface area contributed by atoms with E-state index in [1.807, 2.05) is 0 Å². The molecule has 2 bridgehead atoms. The lowest BCUT2D eigenvalue weighted by molar-refractivity contribution is -0.286. The number of fused-ring (bicyclic) bond motifs is 5. The van der Waals surface area contributed by atoms with Gasteiger partial charge in [0, 0.05) is 42.9 Å². The van der Waals surface area contributed by atoms with Crippen molar-refractivity contribution in [2.24, 2.45) is 34.5 Å². The van der Waals surface area contributed by atoms with Crippen molar-refractivity contribution in [3.8, 4) is 0 Å². The van der Waals surface area contributed by atoms with Crippen LogP contribution < -0.4 is 0 Å². The Kier molecular flexibility index (Phi) is 9.56. The van der Waals surface area contributed by atoms with Crippen molar-refractivity contribution >= 4 is 23.7 Å². The molecule has 2 saturated carbocycles. The van der Waals surface area contributed by atoms with Crippen LogP contribution in [0.25, 0.3) is 0 Å². The van der Waals surface area contributed by atoms with Gasteiger partial charge in [-0.25, -0.2) is 4.79 Å². The lowest BCUT2D eigenvalue weighted by atomic mass is 9.44. The molecule has 1 aliphatic heterocycles. The van der Waals surface area contributed by atoms with Crippen LogP contribution in [0.3, 0.4) is 0 Å². The Labute approximate surface area is 277 Å². The van der Waals surface area contributed by atoms with Crippen LogP contribution >= 0.6 is 0 Å². The summed E-state index contributed by atoms with van der Waals surface area (Å²) in [5, 5.41) is 25.2. The second-order valence-electron chi connectivity index (χ2n) is 15.2. The van der Waals surface area contributed by atoms with Crippen LogP contribution in [0, 0.1) is 34.5 Å². The van der Waals surface area contributed by atoms with E-state index in [4.69, 9.17) is 18.9 Å². The zero-order chi connectivity index (χ0) is 34.6. The number of Topliss-reactive ketones (excluding diaryl/α,β-unsaturated/α-hetero) is 1. The molecule has 10 nitrogen and oxygen atoms in total. The summed E-state index contributed by atoms with van der Waals surface area (Å²) in [6.45, 7) is 14.2. The number of carbonyl (C=O) groups excluding carboxylic acids is 4. The molecule has 0 aromatic heterocycles. The van der Waals surface area contributed by atoms with Crippen LogP contribution in [0.5, 0.6) is 0 Å². The molecule has 10 heteroatoms. The molecule has 4 aliphatic rings. The van der Waals surface area contributed by atoms with Crippen LogP contribution in [0.1, 0.15) is 91.4 Å². The lowest BCUT2D eigenvalue weighted by Crippen LogP contribution is -2.77. The minimum absolute atomic E-state index is 0.154. The third-order valence-corrected chi connectivity index (χ3v) is 11.7. The maximum Gasteiger partial charge on any atom is 0.338 e. The highest BCUT2D eigenvalue weighted by Crippen LogP contribution is 2.63. The van der Waals surface area contributed by atoms with Crippen LogP contribution in [-0.4, -0.2) is 76.6 Å². The maximum atomic E-state index is 15.0. The van der Waals surface area contributed by atoms with Gasteiger partial charge in [0.1, 0.15) is 17.8 Å². The minimum Gasteiger partial charge on any atom is -0.457 e. The molecular weight excluding hydrogens is 604 g/mol. The maximum absolute atomic E-state index is 15.0. The van der Waals surface area contributed by atoms with Gasteiger partial charge in [0.15, 0.2) is 11.9 Å². The first-order valence-electron chi connectivity index (χ1n) is 16.9. The first-order valence-corrected chi connectivity index (χ1v) is 16.9. The van der Waals surface area contributed by atoms with Gasteiger partial charge in [-0.15, -0.1) is 0 Å². The summed E-state index contributed by atoms with van der Waals surface area (Å²) >= 11 is 0. The van der Waals surface area contributed by atoms with Gasteiger partial charge in [-0.3, -0.25) is 14.4 Å².